The van der Waals surface area contributed by atoms with E-state index < -0.39 is 5.97 Å². The van der Waals surface area contributed by atoms with Gasteiger partial charge in [0.1, 0.15) is 5.82 Å². The third-order valence-electron chi connectivity index (χ3n) is 2.49. The number of aromatic nitrogens is 2. The summed E-state index contributed by atoms with van der Waals surface area (Å²) in [7, 11) is 4.03. The number of carboxylic acids is 1. The van der Waals surface area contributed by atoms with Crippen molar-refractivity contribution in [1.29, 1.82) is 0 Å². The molecule has 0 aromatic carbocycles. The van der Waals surface area contributed by atoms with E-state index in [-0.39, 0.29) is 5.69 Å². The Bertz CT molecular complexity index is 378. The number of anilines is 1. The molecule has 0 aliphatic rings. The molecule has 0 saturated carbocycles. The smallest absolute Gasteiger partial charge is 0.356 e. The van der Waals surface area contributed by atoms with Gasteiger partial charge in [-0.3, -0.25) is 0 Å². The first kappa shape index (κ1) is 14.4. The normalized spacial score (nSPS) is 10.7. The number of carbonyl (C=O) groups is 1. The molecule has 6 nitrogen and oxygen atoms in total. The van der Waals surface area contributed by atoms with Gasteiger partial charge in [-0.05, 0) is 20.5 Å². The van der Waals surface area contributed by atoms with Crippen molar-refractivity contribution in [2.75, 3.05) is 38.6 Å². The Morgan fingerprint density at radius 1 is 1.22 bits per heavy atom. The fourth-order valence-corrected chi connectivity index (χ4v) is 1.53. The monoisotopic (exact) mass is 252 g/mol. The summed E-state index contributed by atoms with van der Waals surface area (Å²) in [6, 6.07) is 0. The van der Waals surface area contributed by atoms with Crippen molar-refractivity contribution in [2.24, 2.45) is 0 Å². The van der Waals surface area contributed by atoms with E-state index in [1.165, 1.54) is 12.4 Å². The highest BCUT2D eigenvalue weighted by Crippen LogP contribution is 2.09. The van der Waals surface area contributed by atoms with Crippen LogP contribution < -0.4 is 4.90 Å². The van der Waals surface area contributed by atoms with Gasteiger partial charge in [0.2, 0.25) is 0 Å². The maximum Gasteiger partial charge on any atom is 0.356 e. The van der Waals surface area contributed by atoms with Crippen molar-refractivity contribution in [3.8, 4) is 0 Å². The lowest BCUT2D eigenvalue weighted by Gasteiger charge is -2.24. The lowest BCUT2D eigenvalue weighted by molar-refractivity contribution is 0.0690. The van der Waals surface area contributed by atoms with Crippen molar-refractivity contribution in [1.82, 2.24) is 14.9 Å². The van der Waals surface area contributed by atoms with E-state index in [2.05, 4.69) is 26.7 Å². The Morgan fingerprint density at radius 2 is 1.94 bits per heavy atom. The predicted octanol–water partition coefficient (Wildman–Crippen LogP) is 0.953. The van der Waals surface area contributed by atoms with Crippen molar-refractivity contribution < 1.29 is 9.90 Å². The molecule has 0 aliphatic carbocycles. The Balaban J connectivity index is 2.75. The van der Waals surface area contributed by atoms with Gasteiger partial charge < -0.3 is 14.9 Å². The first-order chi connectivity index (χ1) is 8.54. The summed E-state index contributed by atoms with van der Waals surface area (Å²) in [5.41, 5.74) is -0.0252. The van der Waals surface area contributed by atoms with Gasteiger partial charge in [-0.1, -0.05) is 6.92 Å². The van der Waals surface area contributed by atoms with Crippen LogP contribution in [-0.2, 0) is 0 Å². The quantitative estimate of drug-likeness (QED) is 0.779. The van der Waals surface area contributed by atoms with Crippen LogP contribution in [0.2, 0.25) is 0 Å². The molecular weight excluding hydrogens is 232 g/mol. The zero-order valence-corrected chi connectivity index (χ0v) is 11.1. The molecular formula is C12H20N4O2. The number of likely N-dealkylation sites (N-methyl/N-ethyl adjacent to an activating group) is 1. The van der Waals surface area contributed by atoms with Crippen molar-refractivity contribution in [3.63, 3.8) is 0 Å². The molecule has 1 aromatic heterocycles. The molecule has 1 heterocycles. The first-order valence-corrected chi connectivity index (χ1v) is 5.99. The third-order valence-corrected chi connectivity index (χ3v) is 2.49. The van der Waals surface area contributed by atoms with Crippen LogP contribution in [0.25, 0.3) is 0 Å². The summed E-state index contributed by atoms with van der Waals surface area (Å²) in [5, 5.41) is 8.77. The molecule has 1 rings (SSSR count). The minimum atomic E-state index is -1.05. The minimum absolute atomic E-state index is 0.0252. The van der Waals surface area contributed by atoms with E-state index in [0.29, 0.717) is 0 Å². The van der Waals surface area contributed by atoms with Crippen LogP contribution >= 0.6 is 0 Å². The fraction of sp³-hybridized carbons (Fsp3) is 0.583. The molecule has 18 heavy (non-hydrogen) atoms. The maximum atomic E-state index is 10.7. The van der Waals surface area contributed by atoms with Crippen LogP contribution in [0.3, 0.4) is 0 Å². The Morgan fingerprint density at radius 3 is 2.39 bits per heavy atom. The van der Waals surface area contributed by atoms with Crippen LogP contribution in [0.5, 0.6) is 0 Å². The Kier molecular flexibility index (Phi) is 5.51. The second-order valence-corrected chi connectivity index (χ2v) is 4.36. The number of hydrogen-bond donors (Lipinski definition) is 1. The fourth-order valence-electron chi connectivity index (χ4n) is 1.53. The Labute approximate surface area is 107 Å². The van der Waals surface area contributed by atoms with Crippen molar-refractivity contribution in [3.05, 3.63) is 18.1 Å². The summed E-state index contributed by atoms with van der Waals surface area (Å²) in [4.78, 5) is 23.0. The van der Waals surface area contributed by atoms with Gasteiger partial charge in [-0.2, -0.15) is 0 Å². The lowest BCUT2D eigenvalue weighted by atomic mass is 10.3. The number of nitrogens with zero attached hydrogens (tertiary/aromatic N) is 4. The van der Waals surface area contributed by atoms with Crippen LogP contribution in [0.15, 0.2) is 12.4 Å². The molecule has 6 heteroatoms. The van der Waals surface area contributed by atoms with Gasteiger partial charge in [-0.25, -0.2) is 14.8 Å². The lowest BCUT2D eigenvalue weighted by Crippen LogP contribution is -2.33. The zero-order chi connectivity index (χ0) is 13.5. The van der Waals surface area contributed by atoms with E-state index in [1.807, 2.05) is 14.1 Å². The third kappa shape index (κ3) is 4.29. The molecule has 0 aliphatic heterocycles. The summed E-state index contributed by atoms with van der Waals surface area (Å²) in [6.45, 7) is 4.75. The summed E-state index contributed by atoms with van der Waals surface area (Å²) in [5.74, 6) is -0.326. The van der Waals surface area contributed by atoms with Gasteiger partial charge in [0.25, 0.3) is 0 Å². The molecule has 0 fully saturated rings. The van der Waals surface area contributed by atoms with Gasteiger partial charge >= 0.3 is 5.97 Å². The second-order valence-electron chi connectivity index (χ2n) is 4.36. The topological polar surface area (TPSA) is 69.6 Å². The molecule has 0 spiro atoms. The standard InChI is InChI=1S/C12H20N4O2/c1-4-5-16(7-6-15(2)3)11-9-13-10(8-14-11)12(17)18/h8-9H,4-7H2,1-3H3,(H,17,18). The minimum Gasteiger partial charge on any atom is -0.476 e. The largest absolute Gasteiger partial charge is 0.476 e. The molecule has 0 atom stereocenters. The summed E-state index contributed by atoms with van der Waals surface area (Å²) < 4.78 is 0. The van der Waals surface area contributed by atoms with E-state index in [9.17, 15) is 4.79 Å². The number of aromatic carboxylic acids is 1. The first-order valence-electron chi connectivity index (χ1n) is 5.99. The van der Waals surface area contributed by atoms with Gasteiger partial charge in [0, 0.05) is 19.6 Å². The molecule has 0 saturated heterocycles. The average molecular weight is 252 g/mol. The molecule has 0 radical (unpaired) electrons. The number of hydrogen-bond acceptors (Lipinski definition) is 5. The van der Waals surface area contributed by atoms with Crippen molar-refractivity contribution in [2.45, 2.75) is 13.3 Å². The van der Waals surface area contributed by atoms with E-state index in [4.69, 9.17) is 5.11 Å². The van der Waals surface area contributed by atoms with E-state index >= 15 is 0 Å². The molecule has 100 valence electrons. The molecule has 0 unspecified atom stereocenters. The molecule has 1 aromatic rings. The summed E-state index contributed by atoms with van der Waals surface area (Å²) in [6.07, 6.45) is 3.83. The van der Waals surface area contributed by atoms with Crippen LogP contribution in [0, 0.1) is 0 Å². The van der Waals surface area contributed by atoms with E-state index in [0.717, 1.165) is 31.9 Å². The molecule has 0 amide bonds. The van der Waals surface area contributed by atoms with Crippen LogP contribution in [-0.4, -0.2) is 59.7 Å². The van der Waals surface area contributed by atoms with Crippen molar-refractivity contribution >= 4 is 11.8 Å². The Hall–Kier alpha value is -1.69. The van der Waals surface area contributed by atoms with Crippen LogP contribution in [0.1, 0.15) is 23.8 Å². The van der Waals surface area contributed by atoms with Gasteiger partial charge in [0.05, 0.1) is 12.4 Å². The van der Waals surface area contributed by atoms with Gasteiger partial charge in [-0.15, -0.1) is 0 Å². The number of rotatable bonds is 7. The zero-order valence-electron chi connectivity index (χ0n) is 11.1. The summed E-state index contributed by atoms with van der Waals surface area (Å²) >= 11 is 0. The maximum absolute atomic E-state index is 10.7. The van der Waals surface area contributed by atoms with Gasteiger partial charge in [0.15, 0.2) is 5.69 Å². The molecule has 1 N–H and O–H groups in total. The highest BCUT2D eigenvalue weighted by Gasteiger charge is 2.10. The van der Waals surface area contributed by atoms with Crippen LogP contribution in [0.4, 0.5) is 5.82 Å². The number of carboxylic acid groups (broad SMARTS) is 1. The highest BCUT2D eigenvalue weighted by molar-refractivity contribution is 5.84. The second kappa shape index (κ2) is 6.90. The average Bonchev–Trinajstić information content (AvgIpc) is 2.34. The highest BCUT2D eigenvalue weighted by atomic mass is 16.4. The van der Waals surface area contributed by atoms with E-state index in [1.54, 1.807) is 0 Å². The predicted molar refractivity (Wildman–Crippen MR) is 70.0 cm³/mol. The molecule has 0 bridgehead atoms. The SMILES string of the molecule is CCCN(CCN(C)C)c1cnc(C(=O)O)cn1.